The van der Waals surface area contributed by atoms with Gasteiger partial charge in [-0.15, -0.1) is 0 Å². The number of anilines is 1. The summed E-state index contributed by atoms with van der Waals surface area (Å²) < 4.78 is 69.7. The van der Waals surface area contributed by atoms with Gasteiger partial charge in [-0.25, -0.2) is 8.42 Å². The molecule has 0 aliphatic carbocycles. The van der Waals surface area contributed by atoms with Crippen molar-refractivity contribution in [2.24, 2.45) is 0 Å². The molecule has 0 spiro atoms. The first kappa shape index (κ1) is 23.0. The minimum atomic E-state index is -4.61. The third kappa shape index (κ3) is 5.40. The fourth-order valence-electron chi connectivity index (χ4n) is 2.47. The van der Waals surface area contributed by atoms with E-state index < -0.39 is 34.2 Å². The number of nitrogens with zero attached hydrogens (tertiary/aromatic N) is 1. The Kier molecular flexibility index (Phi) is 6.82. The lowest BCUT2D eigenvalue weighted by Gasteiger charge is -2.18. The molecule has 29 heavy (non-hydrogen) atoms. The Morgan fingerprint density at radius 3 is 2.41 bits per heavy atom. The third-order valence-electron chi connectivity index (χ3n) is 4.01. The molecule has 1 amide bonds. The van der Waals surface area contributed by atoms with Gasteiger partial charge >= 0.3 is 6.18 Å². The number of amides is 1. The highest BCUT2D eigenvalue weighted by atomic mass is 35.5. The van der Waals surface area contributed by atoms with Crippen molar-refractivity contribution in [2.75, 3.05) is 26.0 Å². The van der Waals surface area contributed by atoms with Crippen LogP contribution in [0.25, 0.3) is 0 Å². The smallest absolute Gasteiger partial charge is 0.416 e. The molecular formula is C18H18ClF3N2O4S. The number of alkyl halides is 3. The van der Waals surface area contributed by atoms with Gasteiger partial charge in [0, 0.05) is 7.05 Å². The van der Waals surface area contributed by atoms with Crippen molar-refractivity contribution in [2.45, 2.75) is 18.0 Å². The highest BCUT2D eigenvalue weighted by molar-refractivity contribution is 7.89. The predicted octanol–water partition coefficient (Wildman–Crippen LogP) is 3.94. The maximum absolute atomic E-state index is 12.8. The lowest BCUT2D eigenvalue weighted by molar-refractivity contribution is -0.137. The van der Waals surface area contributed by atoms with Crippen molar-refractivity contribution in [3.63, 3.8) is 0 Å². The van der Waals surface area contributed by atoms with E-state index >= 15 is 0 Å². The molecule has 158 valence electrons. The summed E-state index contributed by atoms with van der Waals surface area (Å²) in [6, 6.07) is 6.67. The molecule has 0 bridgehead atoms. The second-order valence-electron chi connectivity index (χ2n) is 6.13. The quantitative estimate of drug-likeness (QED) is 0.723. The number of hydrogen-bond acceptors (Lipinski definition) is 4. The van der Waals surface area contributed by atoms with Crippen LogP contribution in [0.2, 0.25) is 5.02 Å². The maximum Gasteiger partial charge on any atom is 0.416 e. The number of aryl methyl sites for hydroxylation is 1. The molecule has 0 radical (unpaired) electrons. The molecule has 2 aromatic carbocycles. The zero-order valence-electron chi connectivity index (χ0n) is 15.7. The van der Waals surface area contributed by atoms with Gasteiger partial charge < -0.3 is 10.1 Å². The Hall–Kier alpha value is -2.30. The average Bonchev–Trinajstić information content (AvgIpc) is 2.62. The molecular weight excluding hydrogens is 433 g/mol. The summed E-state index contributed by atoms with van der Waals surface area (Å²) in [5.74, 6) is -0.342. The van der Waals surface area contributed by atoms with Crippen LogP contribution in [-0.4, -0.2) is 39.3 Å². The number of benzene rings is 2. The molecule has 0 aliphatic heterocycles. The number of carbonyl (C=O) groups excluding carboxylic acids is 1. The summed E-state index contributed by atoms with van der Waals surface area (Å²) >= 11 is 5.83. The van der Waals surface area contributed by atoms with Crippen LogP contribution in [0.3, 0.4) is 0 Å². The van der Waals surface area contributed by atoms with Gasteiger partial charge in [-0.2, -0.15) is 17.5 Å². The van der Waals surface area contributed by atoms with Gasteiger partial charge in [-0.3, -0.25) is 4.79 Å². The minimum Gasteiger partial charge on any atom is -0.496 e. The van der Waals surface area contributed by atoms with E-state index in [1.807, 2.05) is 0 Å². The number of sulfonamides is 1. The van der Waals surface area contributed by atoms with Crippen LogP contribution < -0.4 is 10.1 Å². The van der Waals surface area contributed by atoms with Gasteiger partial charge in [0.25, 0.3) is 0 Å². The lowest BCUT2D eigenvalue weighted by atomic mass is 10.2. The van der Waals surface area contributed by atoms with Crippen molar-refractivity contribution in [1.29, 1.82) is 0 Å². The molecule has 0 saturated carbocycles. The Bertz CT molecular complexity index is 1030. The van der Waals surface area contributed by atoms with Crippen LogP contribution >= 0.6 is 11.6 Å². The van der Waals surface area contributed by atoms with Gasteiger partial charge in [0.1, 0.15) is 5.75 Å². The largest absolute Gasteiger partial charge is 0.496 e. The first-order chi connectivity index (χ1) is 13.4. The van der Waals surface area contributed by atoms with Gasteiger partial charge in [0.2, 0.25) is 15.9 Å². The Morgan fingerprint density at radius 2 is 1.86 bits per heavy atom. The Balaban J connectivity index is 2.17. The van der Waals surface area contributed by atoms with E-state index in [1.54, 1.807) is 6.92 Å². The van der Waals surface area contributed by atoms with Crippen LogP contribution in [0.5, 0.6) is 5.75 Å². The number of likely N-dealkylation sites (N-methyl/N-ethyl adjacent to an activating group) is 1. The first-order valence-electron chi connectivity index (χ1n) is 8.14. The fraction of sp³-hybridized carbons (Fsp3) is 0.278. The molecule has 0 atom stereocenters. The Morgan fingerprint density at radius 1 is 1.21 bits per heavy atom. The SMILES string of the molecule is COc1ccc(S(=O)(=O)N(C)CC(=O)Nc2cc(C(F)(F)F)ccc2Cl)cc1C. The van der Waals surface area contributed by atoms with E-state index in [2.05, 4.69) is 5.32 Å². The number of rotatable bonds is 6. The maximum atomic E-state index is 12.8. The molecule has 2 rings (SSSR count). The number of methoxy groups -OCH3 is 1. The molecule has 0 aromatic heterocycles. The van der Waals surface area contributed by atoms with Crippen molar-refractivity contribution < 1.29 is 31.1 Å². The molecule has 2 aromatic rings. The highest BCUT2D eigenvalue weighted by Gasteiger charge is 2.31. The fourth-order valence-corrected chi connectivity index (χ4v) is 3.84. The Labute approximate surface area is 171 Å². The van der Waals surface area contributed by atoms with Crippen LogP contribution in [0.15, 0.2) is 41.3 Å². The monoisotopic (exact) mass is 450 g/mol. The molecule has 0 fully saturated rings. The average molecular weight is 451 g/mol. The normalized spacial score (nSPS) is 12.1. The number of hydrogen-bond donors (Lipinski definition) is 1. The summed E-state index contributed by atoms with van der Waals surface area (Å²) in [4.78, 5) is 12.2. The van der Waals surface area contributed by atoms with Crippen LogP contribution in [0.4, 0.5) is 18.9 Å². The van der Waals surface area contributed by atoms with Crippen LogP contribution in [0.1, 0.15) is 11.1 Å². The van der Waals surface area contributed by atoms with E-state index in [0.717, 1.165) is 16.4 Å². The number of carbonyl (C=O) groups is 1. The van der Waals surface area contributed by atoms with Crippen LogP contribution in [-0.2, 0) is 21.0 Å². The first-order valence-corrected chi connectivity index (χ1v) is 9.95. The summed E-state index contributed by atoms with van der Waals surface area (Å²) in [5, 5.41) is 2.10. The summed E-state index contributed by atoms with van der Waals surface area (Å²) in [7, 11) is -1.38. The van der Waals surface area contributed by atoms with E-state index in [4.69, 9.17) is 16.3 Å². The van der Waals surface area contributed by atoms with Crippen molar-refractivity contribution in [3.8, 4) is 5.75 Å². The zero-order chi connectivity index (χ0) is 22.0. The summed E-state index contributed by atoms with van der Waals surface area (Å²) in [6.45, 7) is 1.04. The predicted molar refractivity (Wildman–Crippen MR) is 103 cm³/mol. The number of halogens is 4. The highest BCUT2D eigenvalue weighted by Crippen LogP contribution is 2.33. The summed E-state index contributed by atoms with van der Waals surface area (Å²) in [6.07, 6.45) is -4.61. The van der Waals surface area contributed by atoms with Crippen molar-refractivity contribution in [3.05, 3.63) is 52.5 Å². The molecule has 0 unspecified atom stereocenters. The molecule has 11 heteroatoms. The standard InChI is InChI=1S/C18H18ClF3N2O4S/c1-11-8-13(5-7-16(11)28-3)29(26,27)24(2)10-17(25)23-15-9-12(18(20,21)22)4-6-14(15)19/h4-9H,10H2,1-3H3,(H,23,25). The lowest BCUT2D eigenvalue weighted by Crippen LogP contribution is -2.35. The van der Waals surface area contributed by atoms with E-state index in [0.29, 0.717) is 17.4 Å². The van der Waals surface area contributed by atoms with Crippen molar-refractivity contribution >= 4 is 33.2 Å². The van der Waals surface area contributed by atoms with E-state index in [9.17, 15) is 26.4 Å². The van der Waals surface area contributed by atoms with Gasteiger partial charge in [-0.05, 0) is 48.9 Å². The van der Waals surface area contributed by atoms with E-state index in [1.165, 1.54) is 32.4 Å². The molecule has 6 nitrogen and oxygen atoms in total. The molecule has 1 N–H and O–H groups in total. The second kappa shape index (κ2) is 8.60. The number of ether oxygens (including phenoxy) is 1. The molecule has 0 aliphatic rings. The second-order valence-corrected chi connectivity index (χ2v) is 8.59. The van der Waals surface area contributed by atoms with E-state index in [-0.39, 0.29) is 15.6 Å². The summed E-state index contributed by atoms with van der Waals surface area (Å²) in [5.41, 5.74) is -0.674. The van der Waals surface area contributed by atoms with Crippen molar-refractivity contribution in [1.82, 2.24) is 4.31 Å². The number of nitrogens with one attached hydrogen (secondary N) is 1. The minimum absolute atomic E-state index is 0.0526. The third-order valence-corrected chi connectivity index (χ3v) is 6.14. The zero-order valence-corrected chi connectivity index (χ0v) is 17.2. The van der Waals surface area contributed by atoms with Crippen LogP contribution in [0, 0.1) is 6.92 Å². The molecule has 0 heterocycles. The topological polar surface area (TPSA) is 75.7 Å². The van der Waals surface area contributed by atoms with Gasteiger partial charge in [-0.1, -0.05) is 11.6 Å². The van der Waals surface area contributed by atoms with Gasteiger partial charge in [0.05, 0.1) is 34.8 Å². The molecule has 0 saturated heterocycles. The van der Waals surface area contributed by atoms with Gasteiger partial charge in [0.15, 0.2) is 0 Å².